The van der Waals surface area contributed by atoms with Crippen molar-refractivity contribution in [2.75, 3.05) is 18.4 Å². The fraction of sp³-hybridized carbons (Fsp3) is 0.235. The molecule has 1 aliphatic heterocycles. The van der Waals surface area contributed by atoms with Gasteiger partial charge >= 0.3 is 0 Å². The largest absolute Gasteiger partial charge is 0.322 e. The monoisotopic (exact) mass is 432 g/mol. The summed E-state index contributed by atoms with van der Waals surface area (Å²) >= 11 is 17.9. The molecule has 5 nitrogen and oxygen atoms in total. The fourth-order valence-electron chi connectivity index (χ4n) is 2.74. The van der Waals surface area contributed by atoms with Gasteiger partial charge in [0.25, 0.3) is 5.91 Å². The maximum absolute atomic E-state index is 12.8. The molecule has 3 rings (SSSR count). The van der Waals surface area contributed by atoms with E-state index in [-0.39, 0.29) is 15.5 Å². The zero-order chi connectivity index (χ0) is 18.9. The summed E-state index contributed by atoms with van der Waals surface area (Å²) < 4.78 is 26.9. The van der Waals surface area contributed by atoms with Gasteiger partial charge in [0.15, 0.2) is 0 Å². The van der Waals surface area contributed by atoms with Crippen LogP contribution in [0.5, 0.6) is 0 Å². The van der Waals surface area contributed by atoms with Gasteiger partial charge in [-0.25, -0.2) is 8.42 Å². The molecular weight excluding hydrogens is 419 g/mol. The van der Waals surface area contributed by atoms with E-state index in [1.807, 2.05) is 0 Å². The first-order valence-electron chi connectivity index (χ1n) is 7.84. The van der Waals surface area contributed by atoms with E-state index in [2.05, 4.69) is 5.32 Å². The van der Waals surface area contributed by atoms with E-state index in [9.17, 15) is 13.2 Å². The van der Waals surface area contributed by atoms with Crippen LogP contribution in [0.2, 0.25) is 15.1 Å². The van der Waals surface area contributed by atoms with E-state index in [0.29, 0.717) is 28.8 Å². The number of rotatable bonds is 4. The van der Waals surface area contributed by atoms with Crippen molar-refractivity contribution in [3.8, 4) is 0 Å². The number of carbonyl (C=O) groups is 1. The minimum Gasteiger partial charge on any atom is -0.322 e. The van der Waals surface area contributed by atoms with Gasteiger partial charge in [0.1, 0.15) is 4.90 Å². The van der Waals surface area contributed by atoms with Gasteiger partial charge in [-0.1, -0.05) is 34.8 Å². The molecule has 0 aliphatic carbocycles. The predicted molar refractivity (Wildman–Crippen MR) is 104 cm³/mol. The summed E-state index contributed by atoms with van der Waals surface area (Å²) in [7, 11) is -3.73. The van der Waals surface area contributed by atoms with Gasteiger partial charge in [0, 0.05) is 34.4 Å². The third-order valence-electron chi connectivity index (χ3n) is 4.00. The highest BCUT2D eigenvalue weighted by Gasteiger charge is 2.29. The first kappa shape index (κ1) is 19.5. The number of halogens is 3. The Hall–Kier alpha value is -1.31. The summed E-state index contributed by atoms with van der Waals surface area (Å²) in [4.78, 5) is 12.4. The number of sulfonamides is 1. The standard InChI is InChI=1S/C17H15Cl3N2O3S/c18-12-8-13(19)10-14(9-12)21-17(23)11-3-4-15(20)16(7-11)26(24,25)22-5-1-2-6-22/h3-4,7-10H,1-2,5-6H2,(H,21,23). The molecule has 1 fully saturated rings. The molecule has 0 atom stereocenters. The van der Waals surface area contributed by atoms with Gasteiger partial charge in [-0.15, -0.1) is 0 Å². The summed E-state index contributed by atoms with van der Waals surface area (Å²) in [6.45, 7) is 0.909. The molecule has 0 unspecified atom stereocenters. The first-order valence-corrected chi connectivity index (χ1v) is 10.4. The van der Waals surface area contributed by atoms with Crippen LogP contribution < -0.4 is 5.32 Å². The van der Waals surface area contributed by atoms with Gasteiger partial charge < -0.3 is 5.32 Å². The second kappa shape index (κ2) is 7.74. The summed E-state index contributed by atoms with van der Waals surface area (Å²) in [5, 5.41) is 3.48. The molecule has 26 heavy (non-hydrogen) atoms. The van der Waals surface area contributed by atoms with E-state index in [0.717, 1.165) is 12.8 Å². The van der Waals surface area contributed by atoms with Crippen molar-refractivity contribution in [1.29, 1.82) is 0 Å². The number of nitrogens with one attached hydrogen (secondary N) is 1. The molecule has 2 aromatic rings. The first-order chi connectivity index (χ1) is 12.3. The van der Waals surface area contributed by atoms with Crippen LogP contribution in [0.3, 0.4) is 0 Å². The summed E-state index contributed by atoms with van der Waals surface area (Å²) in [6.07, 6.45) is 1.62. The molecule has 0 saturated carbocycles. The van der Waals surface area contributed by atoms with Crippen LogP contribution in [0.4, 0.5) is 5.69 Å². The van der Waals surface area contributed by atoms with Crippen molar-refractivity contribution in [3.63, 3.8) is 0 Å². The zero-order valence-electron chi connectivity index (χ0n) is 13.5. The fourth-order valence-corrected chi connectivity index (χ4v) is 5.28. The van der Waals surface area contributed by atoms with E-state index < -0.39 is 15.9 Å². The molecule has 1 aliphatic rings. The number of nitrogens with zero attached hydrogens (tertiary/aromatic N) is 1. The van der Waals surface area contributed by atoms with Crippen molar-refractivity contribution in [3.05, 3.63) is 57.0 Å². The minimum atomic E-state index is -3.73. The molecule has 2 aromatic carbocycles. The van der Waals surface area contributed by atoms with Gasteiger partial charge in [0.2, 0.25) is 10.0 Å². The average molecular weight is 434 g/mol. The topological polar surface area (TPSA) is 66.5 Å². The molecule has 1 N–H and O–H groups in total. The molecule has 1 saturated heterocycles. The second-order valence-electron chi connectivity index (χ2n) is 5.87. The lowest BCUT2D eigenvalue weighted by molar-refractivity contribution is 0.102. The van der Waals surface area contributed by atoms with Gasteiger partial charge in [-0.2, -0.15) is 4.31 Å². The smallest absolute Gasteiger partial charge is 0.255 e. The number of amides is 1. The van der Waals surface area contributed by atoms with Crippen molar-refractivity contribution < 1.29 is 13.2 Å². The number of carbonyl (C=O) groups excluding carboxylic acids is 1. The highest BCUT2D eigenvalue weighted by atomic mass is 35.5. The molecule has 0 aromatic heterocycles. The lowest BCUT2D eigenvalue weighted by Gasteiger charge is -2.17. The summed E-state index contributed by atoms with van der Waals surface area (Å²) in [6, 6.07) is 8.79. The number of benzene rings is 2. The number of anilines is 1. The lowest BCUT2D eigenvalue weighted by atomic mass is 10.2. The maximum Gasteiger partial charge on any atom is 0.255 e. The molecule has 9 heteroatoms. The predicted octanol–water partition coefficient (Wildman–Crippen LogP) is 4.68. The Bertz CT molecular complexity index is 937. The number of hydrogen-bond donors (Lipinski definition) is 1. The van der Waals surface area contributed by atoms with Crippen LogP contribution in [0.15, 0.2) is 41.3 Å². The average Bonchev–Trinajstić information content (AvgIpc) is 3.09. The Labute approximate surface area is 166 Å². The molecule has 1 amide bonds. The van der Waals surface area contributed by atoms with Crippen molar-refractivity contribution in [1.82, 2.24) is 4.31 Å². The van der Waals surface area contributed by atoms with Crippen LogP contribution in [0, 0.1) is 0 Å². The second-order valence-corrected chi connectivity index (χ2v) is 9.06. The zero-order valence-corrected chi connectivity index (χ0v) is 16.6. The van der Waals surface area contributed by atoms with Crippen molar-refractivity contribution >= 4 is 56.4 Å². The third-order valence-corrected chi connectivity index (χ3v) is 6.81. The van der Waals surface area contributed by atoms with Gasteiger partial charge in [0.05, 0.1) is 5.02 Å². The molecule has 1 heterocycles. The maximum atomic E-state index is 12.8. The Kier molecular flexibility index (Phi) is 5.79. The van der Waals surface area contributed by atoms with Crippen LogP contribution in [-0.2, 0) is 10.0 Å². The van der Waals surface area contributed by atoms with Crippen molar-refractivity contribution in [2.45, 2.75) is 17.7 Å². The van der Waals surface area contributed by atoms with E-state index in [4.69, 9.17) is 34.8 Å². The molecule has 138 valence electrons. The minimum absolute atomic E-state index is 0.0714. The summed E-state index contributed by atoms with van der Waals surface area (Å²) in [5.74, 6) is -0.488. The third kappa shape index (κ3) is 4.15. The van der Waals surface area contributed by atoms with Gasteiger partial charge in [-0.3, -0.25) is 4.79 Å². The highest BCUT2D eigenvalue weighted by molar-refractivity contribution is 7.89. The van der Waals surface area contributed by atoms with Crippen LogP contribution in [-0.4, -0.2) is 31.7 Å². The van der Waals surface area contributed by atoms with E-state index in [1.54, 1.807) is 18.2 Å². The summed E-state index contributed by atoms with van der Waals surface area (Å²) in [5.41, 5.74) is 0.578. The van der Waals surface area contributed by atoms with Crippen LogP contribution in [0.25, 0.3) is 0 Å². The highest BCUT2D eigenvalue weighted by Crippen LogP contribution is 2.29. The van der Waals surface area contributed by atoms with Crippen molar-refractivity contribution in [2.24, 2.45) is 0 Å². The molecule has 0 bridgehead atoms. The van der Waals surface area contributed by atoms with Crippen LogP contribution >= 0.6 is 34.8 Å². The Balaban J connectivity index is 1.90. The lowest BCUT2D eigenvalue weighted by Crippen LogP contribution is -2.28. The molecule has 0 radical (unpaired) electrons. The van der Waals surface area contributed by atoms with Gasteiger partial charge in [-0.05, 0) is 49.2 Å². The SMILES string of the molecule is O=C(Nc1cc(Cl)cc(Cl)c1)c1ccc(Cl)c(S(=O)(=O)N2CCCC2)c1. The Morgan fingerprint density at radius 1 is 0.962 bits per heavy atom. The Morgan fingerprint density at radius 2 is 1.58 bits per heavy atom. The van der Waals surface area contributed by atoms with E-state index >= 15 is 0 Å². The molecular formula is C17H15Cl3N2O3S. The van der Waals surface area contributed by atoms with E-state index in [1.165, 1.54) is 22.5 Å². The van der Waals surface area contributed by atoms with Crippen LogP contribution in [0.1, 0.15) is 23.2 Å². The molecule has 0 spiro atoms. The quantitative estimate of drug-likeness (QED) is 0.761. The number of hydrogen-bond acceptors (Lipinski definition) is 3. The normalized spacial score (nSPS) is 15.2. The Morgan fingerprint density at radius 3 is 2.19 bits per heavy atom.